The van der Waals surface area contributed by atoms with Crippen LogP contribution in [0.5, 0.6) is 11.5 Å². The number of carbonyl (C=O) groups excluding carboxylic acids is 1. The largest absolute Gasteiger partial charge is 0.496 e. The standard InChI is InChI=1S/C27H40O4/c1-25(2,3)17-12-21(29-9)23(22(13-17)30-10)18-11-16(15-31-24(28)26(4,5)6)19-14-20(18)27(19,7)8/h11-13,18-20H,14-15H2,1-10H3. The molecule has 3 aliphatic carbocycles. The number of fused-ring (bicyclic) bond motifs is 1. The van der Waals surface area contributed by atoms with E-state index in [1.165, 1.54) is 11.1 Å². The Labute approximate surface area is 188 Å². The van der Waals surface area contributed by atoms with E-state index in [1.807, 2.05) is 20.8 Å². The lowest BCUT2D eigenvalue weighted by molar-refractivity contribution is -0.152. The van der Waals surface area contributed by atoms with Crippen molar-refractivity contribution in [3.05, 3.63) is 34.9 Å². The van der Waals surface area contributed by atoms with Crippen molar-refractivity contribution in [1.29, 1.82) is 0 Å². The van der Waals surface area contributed by atoms with Gasteiger partial charge in [-0.05, 0) is 73.1 Å². The lowest BCUT2D eigenvalue weighted by atomic mass is 9.45. The van der Waals surface area contributed by atoms with Crippen LogP contribution >= 0.6 is 0 Å². The van der Waals surface area contributed by atoms with Gasteiger partial charge in [-0.15, -0.1) is 0 Å². The van der Waals surface area contributed by atoms with E-state index in [4.69, 9.17) is 14.2 Å². The summed E-state index contributed by atoms with van der Waals surface area (Å²) in [6, 6.07) is 4.31. The van der Waals surface area contributed by atoms with Gasteiger partial charge in [-0.25, -0.2) is 0 Å². The van der Waals surface area contributed by atoms with Gasteiger partial charge in [-0.2, -0.15) is 0 Å². The highest BCUT2D eigenvalue weighted by Crippen LogP contribution is 2.65. The molecule has 1 saturated carbocycles. The van der Waals surface area contributed by atoms with Crippen LogP contribution < -0.4 is 9.47 Å². The van der Waals surface area contributed by atoms with Gasteiger partial charge in [0, 0.05) is 11.5 Å². The van der Waals surface area contributed by atoms with Crippen molar-refractivity contribution < 1.29 is 19.0 Å². The fraction of sp³-hybridized carbons (Fsp3) is 0.667. The molecule has 0 radical (unpaired) electrons. The number of hydrogen-bond donors (Lipinski definition) is 0. The summed E-state index contributed by atoms with van der Waals surface area (Å²) in [7, 11) is 3.47. The van der Waals surface area contributed by atoms with Crippen molar-refractivity contribution in [1.82, 2.24) is 0 Å². The molecule has 0 N–H and O–H groups in total. The fourth-order valence-corrected chi connectivity index (χ4v) is 5.16. The van der Waals surface area contributed by atoms with E-state index in [-0.39, 0.29) is 22.7 Å². The third kappa shape index (κ3) is 4.23. The lowest BCUT2D eigenvalue weighted by Crippen LogP contribution is -2.52. The molecule has 1 aromatic rings. The lowest BCUT2D eigenvalue weighted by Gasteiger charge is -2.59. The van der Waals surface area contributed by atoms with Crippen molar-refractivity contribution in [2.24, 2.45) is 22.7 Å². The molecule has 0 saturated heterocycles. The van der Waals surface area contributed by atoms with Crippen molar-refractivity contribution >= 4 is 5.97 Å². The maximum absolute atomic E-state index is 12.4. The Kier molecular flexibility index (Phi) is 6.01. The number of hydrogen-bond acceptors (Lipinski definition) is 4. The van der Waals surface area contributed by atoms with Gasteiger partial charge in [-0.1, -0.05) is 40.7 Å². The first-order valence-electron chi connectivity index (χ1n) is 11.4. The highest BCUT2D eigenvalue weighted by molar-refractivity contribution is 5.75. The number of benzene rings is 1. The van der Waals surface area contributed by atoms with Crippen LogP contribution in [0.25, 0.3) is 0 Å². The summed E-state index contributed by atoms with van der Waals surface area (Å²) in [5.74, 6) is 2.71. The van der Waals surface area contributed by atoms with Crippen molar-refractivity contribution in [3.8, 4) is 11.5 Å². The molecule has 4 nitrogen and oxygen atoms in total. The van der Waals surface area contributed by atoms with Gasteiger partial charge in [0.2, 0.25) is 0 Å². The maximum Gasteiger partial charge on any atom is 0.311 e. The second-order valence-electron chi connectivity index (χ2n) is 11.9. The summed E-state index contributed by atoms with van der Waals surface area (Å²) < 4.78 is 17.5. The Morgan fingerprint density at radius 3 is 2.00 bits per heavy atom. The van der Waals surface area contributed by atoms with Crippen LogP contribution in [0.2, 0.25) is 0 Å². The van der Waals surface area contributed by atoms with Crippen LogP contribution in [0.1, 0.15) is 78.9 Å². The molecule has 31 heavy (non-hydrogen) atoms. The molecule has 0 aromatic heterocycles. The molecule has 0 aliphatic heterocycles. The van der Waals surface area contributed by atoms with Crippen molar-refractivity contribution in [2.45, 2.75) is 73.1 Å². The SMILES string of the molecule is COc1cc(C(C)(C)C)cc(OC)c1C1C=C(COC(=O)C(C)(C)C)C2CC1C2(C)C. The van der Waals surface area contributed by atoms with E-state index in [0.29, 0.717) is 18.4 Å². The zero-order valence-corrected chi connectivity index (χ0v) is 21.0. The van der Waals surface area contributed by atoms with E-state index in [9.17, 15) is 4.79 Å². The van der Waals surface area contributed by atoms with Crippen LogP contribution in [-0.2, 0) is 14.9 Å². The molecule has 0 amide bonds. The van der Waals surface area contributed by atoms with E-state index >= 15 is 0 Å². The second kappa shape index (κ2) is 7.86. The monoisotopic (exact) mass is 428 g/mol. The van der Waals surface area contributed by atoms with Gasteiger partial charge in [0.15, 0.2) is 0 Å². The Morgan fingerprint density at radius 2 is 1.58 bits per heavy atom. The predicted molar refractivity (Wildman–Crippen MR) is 125 cm³/mol. The molecule has 2 bridgehead atoms. The summed E-state index contributed by atoms with van der Waals surface area (Å²) >= 11 is 0. The summed E-state index contributed by atoms with van der Waals surface area (Å²) in [5, 5.41) is 0. The van der Waals surface area contributed by atoms with Gasteiger partial charge < -0.3 is 14.2 Å². The molecule has 3 aliphatic rings. The Hall–Kier alpha value is -1.97. The minimum atomic E-state index is -0.498. The number of rotatable bonds is 5. The van der Waals surface area contributed by atoms with Crippen LogP contribution in [-0.4, -0.2) is 26.8 Å². The summed E-state index contributed by atoms with van der Waals surface area (Å²) in [6.45, 7) is 17.3. The number of esters is 1. The Morgan fingerprint density at radius 1 is 1.03 bits per heavy atom. The second-order valence-corrected chi connectivity index (χ2v) is 11.9. The first-order valence-corrected chi connectivity index (χ1v) is 11.4. The smallest absolute Gasteiger partial charge is 0.311 e. The van der Waals surface area contributed by atoms with Crippen LogP contribution in [0.4, 0.5) is 0 Å². The Balaban J connectivity index is 2.04. The number of ether oxygens (including phenoxy) is 3. The first-order chi connectivity index (χ1) is 14.2. The number of allylic oxidation sites excluding steroid dienone is 1. The molecule has 3 unspecified atom stereocenters. The number of methoxy groups -OCH3 is 2. The molecular formula is C27H40O4. The number of carbonyl (C=O) groups is 1. The quantitative estimate of drug-likeness (QED) is 0.409. The van der Waals surface area contributed by atoms with Gasteiger partial charge in [0.25, 0.3) is 0 Å². The van der Waals surface area contributed by atoms with Crippen molar-refractivity contribution in [2.75, 3.05) is 20.8 Å². The van der Waals surface area contributed by atoms with E-state index in [2.05, 4.69) is 52.8 Å². The van der Waals surface area contributed by atoms with Gasteiger partial charge in [-0.3, -0.25) is 4.79 Å². The van der Waals surface area contributed by atoms with Gasteiger partial charge in [0.1, 0.15) is 18.1 Å². The van der Waals surface area contributed by atoms with Crippen LogP contribution in [0, 0.1) is 22.7 Å². The highest BCUT2D eigenvalue weighted by Gasteiger charge is 2.56. The van der Waals surface area contributed by atoms with Crippen molar-refractivity contribution in [3.63, 3.8) is 0 Å². The average Bonchev–Trinajstić information content (AvgIpc) is 2.68. The summed E-state index contributed by atoms with van der Waals surface area (Å²) in [4.78, 5) is 12.4. The van der Waals surface area contributed by atoms with Gasteiger partial charge in [0.05, 0.1) is 19.6 Å². The molecule has 1 fully saturated rings. The molecule has 172 valence electrons. The summed E-state index contributed by atoms with van der Waals surface area (Å²) in [6.07, 6.45) is 3.42. The van der Waals surface area contributed by atoms with Gasteiger partial charge >= 0.3 is 5.97 Å². The van der Waals surface area contributed by atoms with Crippen LogP contribution in [0.3, 0.4) is 0 Å². The Bertz CT molecular complexity index is 854. The summed E-state index contributed by atoms with van der Waals surface area (Å²) in [5.41, 5.74) is 3.15. The highest BCUT2D eigenvalue weighted by atomic mass is 16.5. The molecule has 4 rings (SSSR count). The minimum Gasteiger partial charge on any atom is -0.496 e. The van der Waals surface area contributed by atoms with E-state index in [1.54, 1.807) is 14.2 Å². The fourth-order valence-electron chi connectivity index (χ4n) is 5.16. The topological polar surface area (TPSA) is 44.8 Å². The molecule has 4 heteroatoms. The predicted octanol–water partition coefficient (Wildman–Crippen LogP) is 6.28. The molecule has 3 atom stereocenters. The zero-order chi connectivity index (χ0) is 23.4. The molecule has 1 aromatic carbocycles. The maximum atomic E-state index is 12.4. The minimum absolute atomic E-state index is 0.00531. The van der Waals surface area contributed by atoms with Crippen LogP contribution in [0.15, 0.2) is 23.8 Å². The zero-order valence-electron chi connectivity index (χ0n) is 21.0. The first kappa shape index (κ1) is 23.7. The molecular weight excluding hydrogens is 388 g/mol. The normalized spacial score (nSPS) is 24.7. The molecule has 0 spiro atoms. The third-order valence-electron chi connectivity index (χ3n) is 7.34. The van der Waals surface area contributed by atoms with E-state index < -0.39 is 5.41 Å². The molecule has 0 heterocycles. The third-order valence-corrected chi connectivity index (χ3v) is 7.34. The average molecular weight is 429 g/mol. The van der Waals surface area contributed by atoms with E-state index in [0.717, 1.165) is 23.5 Å².